The second-order valence-electron chi connectivity index (χ2n) is 2.86. The summed E-state index contributed by atoms with van der Waals surface area (Å²) in [4.78, 5) is 11.0. The molecule has 0 fully saturated rings. The van der Waals surface area contributed by atoms with Crippen molar-refractivity contribution < 1.29 is 23.0 Å². The molecule has 0 spiro atoms. The van der Waals surface area contributed by atoms with E-state index in [2.05, 4.69) is 9.47 Å². The molecule has 1 aromatic carbocycles. The van der Waals surface area contributed by atoms with E-state index in [0.717, 1.165) is 0 Å². The molecule has 0 N–H and O–H groups in total. The SMILES string of the molecule is COC(=O)Cc1cccc(OC(F)F)c1Cl. The van der Waals surface area contributed by atoms with Gasteiger partial charge in [-0.2, -0.15) is 8.78 Å². The number of hydrogen-bond acceptors (Lipinski definition) is 3. The third-order valence-electron chi connectivity index (χ3n) is 1.82. The first-order chi connectivity index (χ1) is 7.54. The maximum absolute atomic E-state index is 12.0. The van der Waals surface area contributed by atoms with Crippen molar-refractivity contribution >= 4 is 17.6 Å². The van der Waals surface area contributed by atoms with Crippen molar-refractivity contribution in [1.29, 1.82) is 0 Å². The Labute approximate surface area is 95.9 Å². The molecule has 1 aromatic rings. The normalized spacial score (nSPS) is 10.3. The van der Waals surface area contributed by atoms with Gasteiger partial charge in [-0.05, 0) is 11.6 Å². The minimum absolute atomic E-state index is 0.00630. The number of benzene rings is 1. The molecule has 88 valence electrons. The van der Waals surface area contributed by atoms with Gasteiger partial charge in [-0.1, -0.05) is 23.7 Å². The Morgan fingerprint density at radius 1 is 1.50 bits per heavy atom. The maximum Gasteiger partial charge on any atom is 0.387 e. The number of hydrogen-bond donors (Lipinski definition) is 0. The summed E-state index contributed by atoms with van der Waals surface area (Å²) in [5, 5.41) is -0.00630. The lowest BCUT2D eigenvalue weighted by Crippen LogP contribution is -2.07. The van der Waals surface area contributed by atoms with E-state index < -0.39 is 12.6 Å². The van der Waals surface area contributed by atoms with E-state index in [1.165, 1.54) is 25.3 Å². The average molecular weight is 251 g/mol. The second kappa shape index (κ2) is 5.65. The second-order valence-corrected chi connectivity index (χ2v) is 3.24. The first-order valence-corrected chi connectivity index (χ1v) is 4.71. The molecule has 0 saturated carbocycles. The molecular formula is C10H9ClF2O3. The Balaban J connectivity index is 2.90. The van der Waals surface area contributed by atoms with Gasteiger partial charge in [-0.15, -0.1) is 0 Å². The van der Waals surface area contributed by atoms with E-state index in [0.29, 0.717) is 5.56 Å². The monoisotopic (exact) mass is 250 g/mol. The van der Waals surface area contributed by atoms with E-state index in [9.17, 15) is 13.6 Å². The summed E-state index contributed by atoms with van der Waals surface area (Å²) in [5.41, 5.74) is 0.381. The topological polar surface area (TPSA) is 35.5 Å². The zero-order chi connectivity index (χ0) is 12.1. The number of rotatable bonds is 4. The van der Waals surface area contributed by atoms with Gasteiger partial charge in [0.25, 0.3) is 0 Å². The van der Waals surface area contributed by atoms with Crippen LogP contribution in [-0.2, 0) is 16.0 Å². The highest BCUT2D eigenvalue weighted by Gasteiger charge is 2.13. The first-order valence-electron chi connectivity index (χ1n) is 4.33. The van der Waals surface area contributed by atoms with E-state index in [1.807, 2.05) is 0 Å². The Morgan fingerprint density at radius 2 is 2.19 bits per heavy atom. The highest BCUT2D eigenvalue weighted by molar-refractivity contribution is 6.33. The Bertz CT molecular complexity index is 382. The van der Waals surface area contributed by atoms with Gasteiger partial charge < -0.3 is 9.47 Å². The summed E-state index contributed by atoms with van der Waals surface area (Å²) < 4.78 is 32.6. The number of methoxy groups -OCH3 is 1. The summed E-state index contributed by atoms with van der Waals surface area (Å²) in [6.45, 7) is -2.95. The summed E-state index contributed by atoms with van der Waals surface area (Å²) in [7, 11) is 1.23. The molecule has 16 heavy (non-hydrogen) atoms. The van der Waals surface area contributed by atoms with Crippen LogP contribution in [0.2, 0.25) is 5.02 Å². The summed E-state index contributed by atoms with van der Waals surface area (Å²) in [6.07, 6.45) is -0.0875. The van der Waals surface area contributed by atoms with Gasteiger partial charge in [-0.25, -0.2) is 0 Å². The largest absolute Gasteiger partial charge is 0.469 e. The number of halogens is 3. The molecule has 0 aliphatic carbocycles. The van der Waals surface area contributed by atoms with Crippen LogP contribution in [-0.4, -0.2) is 19.7 Å². The van der Waals surface area contributed by atoms with Crippen molar-refractivity contribution in [3.05, 3.63) is 28.8 Å². The molecule has 6 heteroatoms. The maximum atomic E-state index is 12.0. The molecule has 0 bridgehead atoms. The third-order valence-corrected chi connectivity index (χ3v) is 2.25. The number of ether oxygens (including phenoxy) is 2. The molecule has 0 aromatic heterocycles. The van der Waals surface area contributed by atoms with Crippen LogP contribution < -0.4 is 4.74 Å². The number of alkyl halides is 2. The molecule has 0 heterocycles. The fourth-order valence-corrected chi connectivity index (χ4v) is 1.34. The molecule has 0 unspecified atom stereocenters. The third kappa shape index (κ3) is 3.34. The number of carbonyl (C=O) groups excluding carboxylic acids is 1. The molecule has 3 nitrogen and oxygen atoms in total. The molecule has 0 radical (unpaired) electrons. The lowest BCUT2D eigenvalue weighted by molar-refractivity contribution is -0.139. The first kappa shape index (κ1) is 12.7. The van der Waals surface area contributed by atoms with Crippen LogP contribution in [0.5, 0.6) is 5.75 Å². The van der Waals surface area contributed by atoms with Crippen LogP contribution in [0, 0.1) is 0 Å². The van der Waals surface area contributed by atoms with E-state index >= 15 is 0 Å². The predicted molar refractivity (Wildman–Crippen MR) is 53.8 cm³/mol. The molecule has 1 rings (SSSR count). The quantitative estimate of drug-likeness (QED) is 0.771. The molecule has 0 aliphatic heterocycles. The number of carbonyl (C=O) groups is 1. The highest BCUT2D eigenvalue weighted by Crippen LogP contribution is 2.29. The lowest BCUT2D eigenvalue weighted by atomic mass is 10.1. The van der Waals surface area contributed by atoms with Gasteiger partial charge in [0.15, 0.2) is 0 Å². The summed E-state index contributed by atoms with van der Waals surface area (Å²) >= 11 is 5.79. The van der Waals surface area contributed by atoms with Crippen molar-refractivity contribution in [3.63, 3.8) is 0 Å². The number of esters is 1. The fraction of sp³-hybridized carbons (Fsp3) is 0.300. The minimum Gasteiger partial charge on any atom is -0.469 e. The van der Waals surface area contributed by atoms with Gasteiger partial charge >= 0.3 is 12.6 Å². The van der Waals surface area contributed by atoms with Crippen molar-refractivity contribution in [2.24, 2.45) is 0 Å². The molecule has 0 atom stereocenters. The van der Waals surface area contributed by atoms with Crippen molar-refractivity contribution in [3.8, 4) is 5.75 Å². The van der Waals surface area contributed by atoms with Crippen LogP contribution in [0.15, 0.2) is 18.2 Å². The van der Waals surface area contributed by atoms with Gasteiger partial charge in [0.1, 0.15) is 5.75 Å². The molecule has 0 saturated heterocycles. The smallest absolute Gasteiger partial charge is 0.387 e. The molecular weight excluding hydrogens is 242 g/mol. The van der Waals surface area contributed by atoms with E-state index in [1.54, 1.807) is 0 Å². The summed E-state index contributed by atoms with van der Waals surface area (Å²) in [5.74, 6) is -0.658. The molecule has 0 amide bonds. The van der Waals surface area contributed by atoms with Crippen LogP contribution >= 0.6 is 11.6 Å². The van der Waals surface area contributed by atoms with E-state index in [-0.39, 0.29) is 17.2 Å². The van der Waals surface area contributed by atoms with Gasteiger partial charge in [0.2, 0.25) is 0 Å². The Hall–Kier alpha value is -1.36. The van der Waals surface area contributed by atoms with Gasteiger partial charge in [-0.3, -0.25) is 4.79 Å². The zero-order valence-corrected chi connectivity index (χ0v) is 9.13. The van der Waals surface area contributed by atoms with Crippen molar-refractivity contribution in [1.82, 2.24) is 0 Å². The fourth-order valence-electron chi connectivity index (χ4n) is 1.11. The zero-order valence-electron chi connectivity index (χ0n) is 8.38. The minimum atomic E-state index is -2.95. The molecule has 0 aliphatic rings. The summed E-state index contributed by atoms with van der Waals surface area (Å²) in [6, 6.07) is 4.31. The standard InChI is InChI=1S/C10H9ClF2O3/c1-15-8(14)5-6-3-2-4-7(9(6)11)16-10(12)13/h2-4,10H,5H2,1H3. The van der Waals surface area contributed by atoms with Crippen LogP contribution in [0.1, 0.15) is 5.56 Å². The van der Waals surface area contributed by atoms with Crippen LogP contribution in [0.3, 0.4) is 0 Å². The van der Waals surface area contributed by atoms with Gasteiger partial charge in [0.05, 0.1) is 18.6 Å². The van der Waals surface area contributed by atoms with Gasteiger partial charge in [0, 0.05) is 0 Å². The van der Waals surface area contributed by atoms with Crippen LogP contribution in [0.4, 0.5) is 8.78 Å². The highest BCUT2D eigenvalue weighted by atomic mass is 35.5. The Morgan fingerprint density at radius 3 is 2.75 bits per heavy atom. The van der Waals surface area contributed by atoms with Crippen LogP contribution in [0.25, 0.3) is 0 Å². The van der Waals surface area contributed by atoms with Crippen molar-refractivity contribution in [2.75, 3.05) is 7.11 Å². The van der Waals surface area contributed by atoms with Crippen molar-refractivity contribution in [2.45, 2.75) is 13.0 Å². The Kier molecular flexibility index (Phi) is 4.49. The lowest BCUT2D eigenvalue weighted by Gasteiger charge is -2.09. The van der Waals surface area contributed by atoms with E-state index in [4.69, 9.17) is 11.6 Å². The predicted octanol–water partition coefficient (Wildman–Crippen LogP) is 2.66. The average Bonchev–Trinajstić information content (AvgIpc) is 2.23.